The monoisotopic (exact) mass is 381 g/mol. The first-order valence-electron chi connectivity index (χ1n) is 8.22. The summed E-state index contributed by atoms with van der Waals surface area (Å²) in [5, 5.41) is 6.34. The Morgan fingerprint density at radius 1 is 1.28 bits per heavy atom. The molecule has 0 unspecified atom stereocenters. The van der Waals surface area contributed by atoms with Gasteiger partial charge in [-0.2, -0.15) is 0 Å². The zero-order valence-electron chi connectivity index (χ0n) is 14.3. The highest BCUT2D eigenvalue weighted by atomic mass is 35.5. The maximum atomic E-state index is 12.5. The first kappa shape index (κ1) is 19.7. The predicted molar refractivity (Wildman–Crippen MR) is 105 cm³/mol. The highest BCUT2D eigenvalue weighted by molar-refractivity contribution is 7.17. The van der Waals surface area contributed by atoms with Crippen molar-refractivity contribution in [3.8, 4) is 16.2 Å². The summed E-state index contributed by atoms with van der Waals surface area (Å²) in [6.45, 7) is 5.65. The van der Waals surface area contributed by atoms with E-state index in [4.69, 9.17) is 4.74 Å². The maximum absolute atomic E-state index is 12.5. The average Bonchev–Trinajstić information content (AvgIpc) is 3.08. The molecule has 0 bridgehead atoms. The molecule has 2 heterocycles. The van der Waals surface area contributed by atoms with Crippen molar-refractivity contribution in [1.82, 2.24) is 15.5 Å². The molecule has 1 amide bonds. The van der Waals surface area contributed by atoms with Gasteiger partial charge < -0.3 is 15.4 Å². The second kappa shape index (κ2) is 9.77. The molecule has 1 aliphatic heterocycles. The molecular formula is C18H24ClN3O2S. The van der Waals surface area contributed by atoms with Crippen LogP contribution in [0, 0.1) is 0 Å². The summed E-state index contributed by atoms with van der Waals surface area (Å²) in [7, 11) is 1.61. The van der Waals surface area contributed by atoms with Crippen molar-refractivity contribution in [2.24, 2.45) is 0 Å². The molecule has 136 valence electrons. The molecule has 5 nitrogen and oxygen atoms in total. The molecule has 2 aromatic rings. The maximum Gasteiger partial charge on any atom is 0.265 e. The van der Waals surface area contributed by atoms with Gasteiger partial charge in [0.1, 0.15) is 10.6 Å². The van der Waals surface area contributed by atoms with Gasteiger partial charge >= 0.3 is 0 Å². The Labute approximate surface area is 158 Å². The largest absolute Gasteiger partial charge is 0.495 e. The van der Waals surface area contributed by atoms with Gasteiger partial charge in [0.05, 0.1) is 7.11 Å². The summed E-state index contributed by atoms with van der Waals surface area (Å²) >= 11 is 1.47. The highest BCUT2D eigenvalue weighted by Crippen LogP contribution is 2.36. The normalized spacial score (nSPS) is 14.6. The van der Waals surface area contributed by atoms with Crippen LogP contribution in [0.2, 0.25) is 0 Å². The summed E-state index contributed by atoms with van der Waals surface area (Å²) in [5.74, 6) is 0.577. The molecule has 7 heteroatoms. The lowest BCUT2D eigenvalue weighted by Crippen LogP contribution is -2.46. The van der Waals surface area contributed by atoms with Gasteiger partial charge in [-0.15, -0.1) is 23.7 Å². The summed E-state index contributed by atoms with van der Waals surface area (Å²) in [5.41, 5.74) is 1.10. The standard InChI is InChI=1S/C18H23N3O2S.ClH/c1-23-15-13-16(14-5-3-2-4-6-14)24-17(15)18(22)20-9-12-21-10-7-19-8-11-21;/h2-6,13,19H,7-12H2,1H3,(H,20,22);1H. The predicted octanol–water partition coefficient (Wildman–Crippen LogP) is 2.48. The van der Waals surface area contributed by atoms with Crippen molar-refractivity contribution in [3.63, 3.8) is 0 Å². The minimum atomic E-state index is -0.0610. The van der Waals surface area contributed by atoms with E-state index in [2.05, 4.69) is 15.5 Å². The number of carbonyl (C=O) groups is 1. The zero-order valence-corrected chi connectivity index (χ0v) is 15.9. The quantitative estimate of drug-likeness (QED) is 0.807. The number of rotatable bonds is 6. The number of benzene rings is 1. The van der Waals surface area contributed by atoms with Gasteiger partial charge in [-0.25, -0.2) is 0 Å². The van der Waals surface area contributed by atoms with Crippen LogP contribution >= 0.6 is 23.7 Å². The summed E-state index contributed by atoms with van der Waals surface area (Å²) in [6, 6.07) is 12.0. The molecule has 0 aliphatic carbocycles. The Hall–Kier alpha value is -1.60. The van der Waals surface area contributed by atoms with Crippen molar-refractivity contribution in [1.29, 1.82) is 0 Å². The Morgan fingerprint density at radius 3 is 2.68 bits per heavy atom. The summed E-state index contributed by atoms with van der Waals surface area (Å²) in [6.07, 6.45) is 0. The fraction of sp³-hybridized carbons (Fsp3) is 0.389. The van der Waals surface area contributed by atoms with E-state index in [0.29, 0.717) is 17.2 Å². The van der Waals surface area contributed by atoms with Crippen LogP contribution in [0.1, 0.15) is 9.67 Å². The van der Waals surface area contributed by atoms with E-state index in [-0.39, 0.29) is 18.3 Å². The van der Waals surface area contributed by atoms with Gasteiger partial charge in [0.2, 0.25) is 0 Å². The molecule has 2 N–H and O–H groups in total. The number of ether oxygens (including phenoxy) is 1. The van der Waals surface area contributed by atoms with E-state index in [0.717, 1.165) is 43.2 Å². The fourth-order valence-electron chi connectivity index (χ4n) is 2.77. The number of halogens is 1. The molecule has 0 saturated carbocycles. The Balaban J connectivity index is 0.00000225. The molecule has 1 aromatic heterocycles. The van der Waals surface area contributed by atoms with E-state index in [1.165, 1.54) is 11.3 Å². The van der Waals surface area contributed by atoms with Crippen molar-refractivity contribution in [2.45, 2.75) is 0 Å². The van der Waals surface area contributed by atoms with Crippen LogP contribution < -0.4 is 15.4 Å². The van der Waals surface area contributed by atoms with E-state index in [9.17, 15) is 4.79 Å². The minimum absolute atomic E-state index is 0. The molecular weight excluding hydrogens is 358 g/mol. The highest BCUT2D eigenvalue weighted by Gasteiger charge is 2.18. The molecule has 25 heavy (non-hydrogen) atoms. The van der Waals surface area contributed by atoms with Gasteiger partial charge in [-0.3, -0.25) is 9.69 Å². The average molecular weight is 382 g/mol. The lowest BCUT2D eigenvalue weighted by molar-refractivity contribution is 0.0948. The van der Waals surface area contributed by atoms with E-state index >= 15 is 0 Å². The number of nitrogens with zero attached hydrogens (tertiary/aromatic N) is 1. The topological polar surface area (TPSA) is 53.6 Å². The van der Waals surface area contributed by atoms with Gasteiger partial charge in [-0.05, 0) is 11.6 Å². The third-order valence-electron chi connectivity index (χ3n) is 4.11. The molecule has 0 spiro atoms. The number of nitrogens with one attached hydrogen (secondary N) is 2. The minimum Gasteiger partial charge on any atom is -0.495 e. The number of piperazine rings is 1. The van der Waals surface area contributed by atoms with Crippen molar-refractivity contribution in [3.05, 3.63) is 41.3 Å². The molecule has 0 radical (unpaired) electrons. The van der Waals surface area contributed by atoms with Crippen LogP contribution in [0.15, 0.2) is 36.4 Å². The summed E-state index contributed by atoms with van der Waals surface area (Å²) < 4.78 is 5.40. The third kappa shape index (κ3) is 5.19. The Morgan fingerprint density at radius 2 is 2.00 bits per heavy atom. The second-order valence-corrected chi connectivity index (χ2v) is 6.77. The first-order valence-corrected chi connectivity index (χ1v) is 9.04. The zero-order chi connectivity index (χ0) is 16.8. The van der Waals surface area contributed by atoms with Gasteiger partial charge in [0, 0.05) is 44.1 Å². The molecule has 1 fully saturated rings. The first-order chi connectivity index (χ1) is 11.8. The van der Waals surface area contributed by atoms with Crippen molar-refractivity contribution < 1.29 is 9.53 Å². The number of hydrogen-bond donors (Lipinski definition) is 2. The van der Waals surface area contributed by atoms with Crippen LogP contribution in [0.5, 0.6) is 5.75 Å². The number of carbonyl (C=O) groups excluding carboxylic acids is 1. The number of amides is 1. The second-order valence-electron chi connectivity index (χ2n) is 5.72. The van der Waals surface area contributed by atoms with Crippen LogP contribution in [-0.4, -0.2) is 57.2 Å². The Kier molecular flexibility index (Phi) is 7.71. The fourth-order valence-corrected chi connectivity index (χ4v) is 3.82. The third-order valence-corrected chi connectivity index (χ3v) is 5.27. The SMILES string of the molecule is COc1cc(-c2ccccc2)sc1C(=O)NCCN1CCNCC1.Cl. The number of hydrogen-bond acceptors (Lipinski definition) is 5. The van der Waals surface area contributed by atoms with Crippen molar-refractivity contribution in [2.75, 3.05) is 46.4 Å². The molecule has 1 aromatic carbocycles. The van der Waals surface area contributed by atoms with Crippen LogP contribution in [0.3, 0.4) is 0 Å². The van der Waals surface area contributed by atoms with E-state index in [1.807, 2.05) is 36.4 Å². The van der Waals surface area contributed by atoms with Crippen LogP contribution in [-0.2, 0) is 0 Å². The number of methoxy groups -OCH3 is 1. The van der Waals surface area contributed by atoms with Gasteiger partial charge in [0.15, 0.2) is 0 Å². The molecule has 1 saturated heterocycles. The van der Waals surface area contributed by atoms with E-state index in [1.54, 1.807) is 7.11 Å². The van der Waals surface area contributed by atoms with Crippen molar-refractivity contribution >= 4 is 29.7 Å². The number of thiophene rings is 1. The lowest BCUT2D eigenvalue weighted by Gasteiger charge is -2.27. The Bertz CT molecular complexity index is 672. The molecule has 3 rings (SSSR count). The molecule has 0 atom stereocenters. The molecule has 1 aliphatic rings. The smallest absolute Gasteiger partial charge is 0.265 e. The van der Waals surface area contributed by atoms with Gasteiger partial charge in [0.25, 0.3) is 5.91 Å². The van der Waals surface area contributed by atoms with Gasteiger partial charge in [-0.1, -0.05) is 30.3 Å². The lowest BCUT2D eigenvalue weighted by atomic mass is 10.2. The van der Waals surface area contributed by atoms with E-state index < -0.39 is 0 Å². The van der Waals surface area contributed by atoms with Crippen LogP contribution in [0.4, 0.5) is 0 Å². The van der Waals surface area contributed by atoms with Crippen LogP contribution in [0.25, 0.3) is 10.4 Å². The summed E-state index contributed by atoms with van der Waals surface area (Å²) in [4.78, 5) is 16.5.